The summed E-state index contributed by atoms with van der Waals surface area (Å²) in [5.74, 6) is 0. The minimum absolute atomic E-state index is 0.127. The minimum Gasteiger partial charge on any atom is -0.221 e. The van der Waals surface area contributed by atoms with Gasteiger partial charge in [-0.25, -0.2) is 27.1 Å². The Kier molecular flexibility index (Phi) is 6.73. The van der Waals surface area contributed by atoms with Crippen molar-refractivity contribution in [2.75, 3.05) is 0 Å². The van der Waals surface area contributed by atoms with E-state index in [1.165, 1.54) is 38.1 Å². The van der Waals surface area contributed by atoms with E-state index >= 15 is 0 Å². The number of hydrazine groups is 1. The van der Waals surface area contributed by atoms with E-state index in [-0.39, 0.29) is 24.7 Å². The molecule has 0 spiro atoms. The summed E-state index contributed by atoms with van der Waals surface area (Å²) in [6.45, 7) is 6.50. The number of azide groups is 1. The highest BCUT2D eigenvalue weighted by molar-refractivity contribution is 8.04. The summed E-state index contributed by atoms with van der Waals surface area (Å²) in [7, 11) is -9.53. The molecule has 0 aromatic heterocycles. The zero-order valence-electron chi connectivity index (χ0n) is 16.6. The number of hydrogen-bond donors (Lipinski definition) is 2. The van der Waals surface area contributed by atoms with E-state index in [1.54, 1.807) is 36.8 Å². The molecule has 0 radical (unpaired) electrons. The van der Waals surface area contributed by atoms with Gasteiger partial charge in [-0.3, -0.25) is 0 Å². The summed E-state index contributed by atoms with van der Waals surface area (Å²) in [6.07, 6.45) is 0. The first-order valence-corrected chi connectivity index (χ1v) is 11.3. The third-order valence-corrected chi connectivity index (χ3v) is 8.30. The van der Waals surface area contributed by atoms with Crippen LogP contribution in [-0.2, 0) is 20.0 Å². The highest BCUT2D eigenvalue weighted by Gasteiger charge is 2.40. The van der Waals surface area contributed by atoms with E-state index in [4.69, 9.17) is 5.53 Å². The van der Waals surface area contributed by atoms with Crippen molar-refractivity contribution < 1.29 is 21.6 Å². The number of hydrogen-bond acceptors (Lipinski definition) is 6. The van der Waals surface area contributed by atoms with Crippen LogP contribution in [0.2, 0.25) is 0 Å². The van der Waals surface area contributed by atoms with E-state index in [9.17, 15) is 21.6 Å². The summed E-state index contributed by atoms with van der Waals surface area (Å²) in [5, 5.41) is 2.79. The normalized spacial score (nSPS) is 11.6. The van der Waals surface area contributed by atoms with Gasteiger partial charge in [-0.2, -0.15) is 10.3 Å². The number of rotatable bonds is 6. The lowest BCUT2D eigenvalue weighted by Gasteiger charge is -2.23. The Bertz CT molecular complexity index is 1170. The second kappa shape index (κ2) is 8.71. The van der Waals surface area contributed by atoms with Crippen molar-refractivity contribution in [2.24, 2.45) is 5.22 Å². The van der Waals surface area contributed by atoms with Gasteiger partial charge < -0.3 is 0 Å². The molecule has 0 unspecified atom stereocenters. The van der Waals surface area contributed by atoms with E-state index in [2.05, 4.69) is 10.1 Å². The zero-order chi connectivity index (χ0) is 22.7. The molecule has 0 heterocycles. The molecule has 2 amide bonds. The molecule has 0 aliphatic heterocycles. The Balaban J connectivity index is 2.70. The van der Waals surface area contributed by atoms with Crippen LogP contribution in [0.4, 0.5) is 4.79 Å². The van der Waals surface area contributed by atoms with Gasteiger partial charge in [0.25, 0.3) is 20.0 Å². The zero-order valence-corrected chi connectivity index (χ0v) is 18.2. The molecule has 2 N–H and O–H groups in total. The molecular formula is C17H20N6O5S2. The van der Waals surface area contributed by atoms with Crippen LogP contribution in [-0.4, -0.2) is 26.7 Å². The molecule has 0 aliphatic rings. The van der Waals surface area contributed by atoms with Gasteiger partial charge in [0.1, 0.15) is 0 Å². The van der Waals surface area contributed by atoms with Crippen molar-refractivity contribution in [3.05, 3.63) is 69.1 Å². The van der Waals surface area contributed by atoms with Crippen LogP contribution in [0.5, 0.6) is 0 Å². The van der Waals surface area contributed by atoms with Crippen LogP contribution in [0.25, 0.3) is 10.4 Å². The van der Waals surface area contributed by atoms with Gasteiger partial charge in [0.15, 0.2) is 0 Å². The van der Waals surface area contributed by atoms with E-state index in [0.717, 1.165) is 11.1 Å². The number of nitrogens with one attached hydrogen (secondary N) is 2. The monoisotopic (exact) mass is 452 g/mol. The summed E-state index contributed by atoms with van der Waals surface area (Å²) in [5.41, 5.74) is 13.8. The molecule has 2 aromatic rings. The third kappa shape index (κ3) is 4.71. The molecule has 13 heteroatoms. The number of carbonyl (C=O) groups excluding carboxylic acids is 1. The lowest BCUT2D eigenvalue weighted by Crippen LogP contribution is -2.52. The molecule has 2 aromatic carbocycles. The summed E-state index contributed by atoms with van der Waals surface area (Å²) < 4.78 is 53.0. The van der Waals surface area contributed by atoms with Crippen molar-refractivity contribution in [2.45, 2.75) is 37.5 Å². The minimum atomic E-state index is -4.76. The van der Waals surface area contributed by atoms with Gasteiger partial charge in [-0.05, 0) is 56.2 Å². The molecule has 160 valence electrons. The molecule has 0 aliphatic carbocycles. The average Bonchev–Trinajstić information content (AvgIpc) is 2.63. The summed E-state index contributed by atoms with van der Waals surface area (Å²) >= 11 is 0. The van der Waals surface area contributed by atoms with Crippen molar-refractivity contribution in [1.82, 2.24) is 14.7 Å². The molecule has 11 nitrogen and oxygen atoms in total. The maximum atomic E-state index is 13.3. The second-order valence-electron chi connectivity index (χ2n) is 6.49. The summed E-state index contributed by atoms with van der Waals surface area (Å²) in [6, 6.07) is 7.28. The van der Waals surface area contributed by atoms with Gasteiger partial charge >= 0.3 is 6.03 Å². The maximum absolute atomic E-state index is 13.3. The number of amides is 2. The lowest BCUT2D eigenvalue weighted by atomic mass is 10.2. The van der Waals surface area contributed by atoms with Gasteiger partial charge in [0, 0.05) is 3.82 Å². The topological polar surface area (TPSA) is 161 Å². The third-order valence-electron chi connectivity index (χ3n) is 4.04. The molecule has 0 atom stereocenters. The molecule has 0 bridgehead atoms. The number of carbonyl (C=O) groups is 1. The van der Waals surface area contributed by atoms with Gasteiger partial charge in [0.2, 0.25) is 0 Å². The molecular weight excluding hydrogens is 432 g/mol. The smallest absolute Gasteiger partial charge is 0.221 e. The standard InChI is InChI=1S/C17H20N6O5S2/c1-11-5-7-15(13(3)9-11)29(25,26)23(20-17(24)19-22-21-18)30(27,28)16-8-6-12(2)10-14(16)4/h5-10H,1-4H3,(H2,19,20,24). The molecule has 2 rings (SSSR count). The fraction of sp³-hybridized carbons (Fsp3) is 0.235. The second-order valence-corrected chi connectivity index (χ2v) is 10.2. The lowest BCUT2D eigenvalue weighted by molar-refractivity contribution is 0.232. The highest BCUT2D eigenvalue weighted by Crippen LogP contribution is 2.27. The van der Waals surface area contributed by atoms with Gasteiger partial charge in [-0.1, -0.05) is 35.4 Å². The predicted octanol–water partition coefficient (Wildman–Crippen LogP) is 2.74. The van der Waals surface area contributed by atoms with E-state index in [0.29, 0.717) is 0 Å². The highest BCUT2D eigenvalue weighted by atomic mass is 32.3. The van der Waals surface area contributed by atoms with Crippen LogP contribution in [0, 0.1) is 27.7 Å². The van der Waals surface area contributed by atoms with Crippen molar-refractivity contribution in [3.8, 4) is 0 Å². The first-order chi connectivity index (χ1) is 13.9. The number of urea groups is 1. The number of aryl methyl sites for hydroxylation is 4. The van der Waals surface area contributed by atoms with Crippen LogP contribution in [0.1, 0.15) is 22.3 Å². The predicted molar refractivity (Wildman–Crippen MR) is 109 cm³/mol. The first-order valence-electron chi connectivity index (χ1n) is 8.47. The van der Waals surface area contributed by atoms with E-state index in [1.807, 2.05) is 0 Å². The average molecular weight is 453 g/mol. The Morgan fingerprint density at radius 1 is 0.900 bits per heavy atom. The molecule has 0 saturated carbocycles. The van der Waals surface area contributed by atoms with Crippen molar-refractivity contribution in [1.29, 1.82) is 0 Å². The van der Waals surface area contributed by atoms with Crippen LogP contribution < -0.4 is 10.9 Å². The van der Waals surface area contributed by atoms with Crippen LogP contribution in [0.3, 0.4) is 0 Å². The van der Waals surface area contributed by atoms with Crippen molar-refractivity contribution >= 4 is 26.1 Å². The number of benzene rings is 2. The van der Waals surface area contributed by atoms with Gasteiger partial charge in [-0.15, -0.1) is 5.53 Å². The quantitative estimate of drug-likeness (QED) is 0.298. The Labute approximate surface area is 174 Å². The number of sulfonamides is 2. The van der Waals surface area contributed by atoms with Crippen LogP contribution in [0.15, 0.2) is 51.4 Å². The largest absolute Gasteiger partial charge is 0.425 e. The first kappa shape index (κ1) is 23.2. The Hall–Kier alpha value is -3.12. The summed E-state index contributed by atoms with van der Waals surface area (Å²) in [4.78, 5) is 13.7. The fourth-order valence-electron chi connectivity index (χ4n) is 2.78. The van der Waals surface area contributed by atoms with E-state index < -0.39 is 26.1 Å². The SMILES string of the molecule is Cc1ccc(S(=O)(=O)N(NC(=O)NN=[N+]=[N-])S(=O)(=O)c2ccc(C)cc2C)c(C)c1. The van der Waals surface area contributed by atoms with Crippen molar-refractivity contribution in [3.63, 3.8) is 0 Å². The van der Waals surface area contributed by atoms with Crippen LogP contribution >= 0.6 is 0 Å². The van der Waals surface area contributed by atoms with Gasteiger partial charge in [0.05, 0.1) is 9.79 Å². The molecule has 0 fully saturated rings. The number of nitrogens with zero attached hydrogens (tertiary/aromatic N) is 4. The Morgan fingerprint density at radius 3 is 1.70 bits per heavy atom. The molecule has 0 saturated heterocycles. The maximum Gasteiger partial charge on any atom is 0.425 e. The molecule has 30 heavy (non-hydrogen) atoms. The Morgan fingerprint density at radius 2 is 1.33 bits per heavy atom. The fourth-order valence-corrected chi connectivity index (χ4v) is 6.47.